The molecule has 0 aliphatic heterocycles. The summed E-state index contributed by atoms with van der Waals surface area (Å²) in [5, 5.41) is 0.253. The van der Waals surface area contributed by atoms with Gasteiger partial charge in [0.05, 0.1) is 0 Å². The van der Waals surface area contributed by atoms with Gasteiger partial charge in [0.15, 0.2) is 0 Å². The number of halogens is 1. The van der Waals surface area contributed by atoms with Gasteiger partial charge in [0.1, 0.15) is 11.2 Å². The number of hydrogen-bond acceptors (Lipinski definition) is 6. The molecule has 0 aromatic heterocycles. The Morgan fingerprint density at radius 1 is 0.880 bits per heavy atom. The molecule has 0 saturated heterocycles. The lowest BCUT2D eigenvalue weighted by Gasteiger charge is -2.26. The van der Waals surface area contributed by atoms with Crippen LogP contribution in [0.4, 0.5) is 9.59 Å². The van der Waals surface area contributed by atoms with Crippen LogP contribution in [0.1, 0.15) is 51.9 Å². The van der Waals surface area contributed by atoms with Crippen molar-refractivity contribution in [2.75, 3.05) is 0 Å². The van der Waals surface area contributed by atoms with Crippen molar-refractivity contribution >= 4 is 34.1 Å². The molecule has 0 spiro atoms. The Morgan fingerprint density at radius 2 is 1.36 bits per heavy atom. The van der Waals surface area contributed by atoms with E-state index in [2.05, 4.69) is 15.9 Å². The lowest BCUT2D eigenvalue weighted by molar-refractivity contribution is -0.114. The van der Waals surface area contributed by atoms with E-state index in [-0.39, 0.29) is 10.6 Å². The van der Waals surface area contributed by atoms with E-state index in [0.29, 0.717) is 0 Å². The Morgan fingerprint density at radius 3 is 1.80 bits per heavy atom. The predicted molar refractivity (Wildman–Crippen MR) is 93.9 cm³/mol. The number of hydrogen-bond donors (Lipinski definition) is 0. The third kappa shape index (κ3) is 7.55. The van der Waals surface area contributed by atoms with E-state index >= 15 is 0 Å². The summed E-state index contributed by atoms with van der Waals surface area (Å²) in [6.07, 6.45) is -2.31. The zero-order chi connectivity index (χ0) is 19.4. The average molecular weight is 416 g/mol. The molecular formula is C17H22BrNO6. The minimum Gasteiger partial charge on any atom is -0.441 e. The molecule has 138 valence electrons. The second-order valence-electron chi connectivity index (χ2n) is 7.14. The normalized spacial score (nSPS) is 11.5. The van der Waals surface area contributed by atoms with Crippen molar-refractivity contribution in [2.24, 2.45) is 0 Å². The van der Waals surface area contributed by atoms with Crippen molar-refractivity contribution in [1.82, 2.24) is 5.06 Å². The van der Waals surface area contributed by atoms with Crippen molar-refractivity contribution in [2.45, 2.75) is 52.7 Å². The summed E-state index contributed by atoms with van der Waals surface area (Å²) in [5.41, 5.74) is -1.60. The van der Waals surface area contributed by atoms with Crippen molar-refractivity contribution < 1.29 is 28.7 Å². The SMILES string of the molecule is CC(C)(C)OC(=O)ON(C(=O)OC(C)(C)C)C(=O)c1ccc(Br)cc1. The molecule has 0 saturated carbocycles. The van der Waals surface area contributed by atoms with Crippen LogP contribution < -0.4 is 0 Å². The quantitative estimate of drug-likeness (QED) is 0.488. The minimum absolute atomic E-state index is 0.137. The lowest BCUT2D eigenvalue weighted by atomic mass is 10.2. The highest BCUT2D eigenvalue weighted by atomic mass is 79.9. The van der Waals surface area contributed by atoms with Crippen LogP contribution in [0, 0.1) is 0 Å². The third-order valence-corrected chi connectivity index (χ3v) is 2.92. The van der Waals surface area contributed by atoms with E-state index in [4.69, 9.17) is 14.3 Å². The molecule has 0 unspecified atom stereocenters. The van der Waals surface area contributed by atoms with Crippen molar-refractivity contribution in [3.63, 3.8) is 0 Å². The highest BCUT2D eigenvalue weighted by Gasteiger charge is 2.33. The fraction of sp³-hybridized carbons (Fsp3) is 0.471. The van der Waals surface area contributed by atoms with Crippen molar-refractivity contribution in [3.05, 3.63) is 34.3 Å². The second kappa shape index (κ2) is 7.86. The minimum atomic E-state index is -1.19. The largest absolute Gasteiger partial charge is 0.534 e. The average Bonchev–Trinajstić information content (AvgIpc) is 2.41. The first kappa shape index (κ1) is 21.0. The molecule has 1 aromatic rings. The zero-order valence-electron chi connectivity index (χ0n) is 15.1. The van der Waals surface area contributed by atoms with E-state index in [1.165, 1.54) is 12.1 Å². The molecule has 0 N–H and O–H groups in total. The Labute approximate surface area is 155 Å². The molecule has 0 fully saturated rings. The van der Waals surface area contributed by atoms with Crippen LogP contribution in [-0.4, -0.2) is 34.4 Å². The third-order valence-electron chi connectivity index (χ3n) is 2.39. The molecule has 1 aromatic carbocycles. The van der Waals surface area contributed by atoms with E-state index < -0.39 is 29.4 Å². The molecular weight excluding hydrogens is 394 g/mol. The molecule has 2 amide bonds. The van der Waals surface area contributed by atoms with Crippen LogP contribution >= 0.6 is 15.9 Å². The fourth-order valence-corrected chi connectivity index (χ4v) is 1.78. The maximum Gasteiger partial charge on any atom is 0.534 e. The number of carbonyl (C=O) groups is 3. The van der Waals surface area contributed by atoms with Gasteiger partial charge in [0.25, 0.3) is 5.91 Å². The van der Waals surface area contributed by atoms with Gasteiger partial charge in [-0.05, 0) is 65.8 Å². The van der Waals surface area contributed by atoms with Gasteiger partial charge in [0, 0.05) is 10.0 Å². The van der Waals surface area contributed by atoms with E-state index in [0.717, 1.165) is 4.47 Å². The smallest absolute Gasteiger partial charge is 0.441 e. The van der Waals surface area contributed by atoms with E-state index in [1.807, 2.05) is 0 Å². The van der Waals surface area contributed by atoms with Gasteiger partial charge in [-0.15, -0.1) is 0 Å². The molecule has 8 heteroatoms. The van der Waals surface area contributed by atoms with Crippen LogP contribution in [0.2, 0.25) is 0 Å². The monoisotopic (exact) mass is 415 g/mol. The highest BCUT2D eigenvalue weighted by Crippen LogP contribution is 2.17. The van der Waals surface area contributed by atoms with Gasteiger partial charge in [0.2, 0.25) is 0 Å². The molecule has 0 radical (unpaired) electrons. The Kier molecular flexibility index (Phi) is 6.59. The summed E-state index contributed by atoms with van der Waals surface area (Å²) in [4.78, 5) is 41.5. The fourth-order valence-electron chi connectivity index (χ4n) is 1.52. The number of hydroxylamine groups is 2. The first-order valence-corrected chi connectivity index (χ1v) is 8.32. The Bertz CT molecular complexity index is 643. The highest BCUT2D eigenvalue weighted by molar-refractivity contribution is 9.10. The standard InChI is InChI=1S/C17H22BrNO6/c1-16(2,3)23-14(21)19(25-15(22)24-17(4,5)6)13(20)11-7-9-12(18)10-8-11/h7-10H,1-6H3. The van der Waals surface area contributed by atoms with Gasteiger partial charge in [-0.25, -0.2) is 9.59 Å². The molecule has 0 aliphatic rings. The summed E-state index contributed by atoms with van der Waals surface area (Å²) < 4.78 is 10.9. The van der Waals surface area contributed by atoms with Crippen LogP contribution in [0.15, 0.2) is 28.7 Å². The Balaban J connectivity index is 3.05. The Hall–Kier alpha value is -2.09. The summed E-state index contributed by atoms with van der Waals surface area (Å²) in [5.74, 6) is -0.854. The summed E-state index contributed by atoms with van der Waals surface area (Å²) in [6.45, 7) is 9.76. The maximum atomic E-state index is 12.6. The number of carbonyl (C=O) groups excluding carboxylic acids is 3. The maximum absolute atomic E-state index is 12.6. The lowest BCUT2D eigenvalue weighted by Crippen LogP contribution is -2.43. The zero-order valence-corrected chi connectivity index (χ0v) is 16.7. The van der Waals surface area contributed by atoms with Crippen molar-refractivity contribution in [1.29, 1.82) is 0 Å². The van der Waals surface area contributed by atoms with Crippen LogP contribution in [0.5, 0.6) is 0 Å². The summed E-state index contributed by atoms with van der Waals surface area (Å²) in [6, 6.07) is 6.19. The van der Waals surface area contributed by atoms with Crippen LogP contribution in [0.3, 0.4) is 0 Å². The van der Waals surface area contributed by atoms with E-state index in [1.54, 1.807) is 53.7 Å². The number of nitrogens with zero attached hydrogens (tertiary/aromatic N) is 1. The number of rotatable bonds is 1. The second-order valence-corrected chi connectivity index (χ2v) is 8.06. The van der Waals surface area contributed by atoms with E-state index in [9.17, 15) is 14.4 Å². The van der Waals surface area contributed by atoms with Gasteiger partial charge in [-0.2, -0.15) is 0 Å². The van der Waals surface area contributed by atoms with Crippen molar-refractivity contribution in [3.8, 4) is 0 Å². The number of ether oxygens (including phenoxy) is 2. The van der Waals surface area contributed by atoms with Crippen LogP contribution in [0.25, 0.3) is 0 Å². The molecule has 25 heavy (non-hydrogen) atoms. The first-order valence-electron chi connectivity index (χ1n) is 7.52. The van der Waals surface area contributed by atoms with Crippen LogP contribution in [-0.2, 0) is 14.3 Å². The molecule has 0 bridgehead atoms. The molecule has 7 nitrogen and oxygen atoms in total. The molecule has 1 rings (SSSR count). The van der Waals surface area contributed by atoms with Gasteiger partial charge in [-0.1, -0.05) is 21.0 Å². The summed E-state index contributed by atoms with van der Waals surface area (Å²) >= 11 is 3.25. The molecule has 0 aliphatic carbocycles. The first-order chi connectivity index (χ1) is 11.3. The number of imide groups is 1. The van der Waals surface area contributed by atoms with Gasteiger partial charge < -0.3 is 9.47 Å². The molecule has 0 atom stereocenters. The topological polar surface area (TPSA) is 82.1 Å². The number of amides is 2. The van der Waals surface area contributed by atoms with Gasteiger partial charge >= 0.3 is 12.2 Å². The molecule has 0 heterocycles. The summed E-state index contributed by atoms with van der Waals surface area (Å²) in [7, 11) is 0. The predicted octanol–water partition coefficient (Wildman–Crippen LogP) is 4.69. The van der Waals surface area contributed by atoms with Gasteiger partial charge in [-0.3, -0.25) is 9.63 Å². The number of benzene rings is 1.